The van der Waals surface area contributed by atoms with Gasteiger partial charge in [0.2, 0.25) is 0 Å². The third-order valence-electron chi connectivity index (χ3n) is 2.21. The van der Waals surface area contributed by atoms with Crippen LogP contribution >= 0.6 is 0 Å². The van der Waals surface area contributed by atoms with Crippen molar-refractivity contribution in [2.24, 2.45) is 5.73 Å². The second-order valence-corrected chi connectivity index (χ2v) is 3.33. The van der Waals surface area contributed by atoms with E-state index in [1.165, 1.54) is 5.56 Å². The van der Waals surface area contributed by atoms with Gasteiger partial charge in [-0.2, -0.15) is 0 Å². The van der Waals surface area contributed by atoms with Gasteiger partial charge in [0.25, 0.3) is 0 Å². The Kier molecular flexibility index (Phi) is 3.93. The smallest absolute Gasteiger partial charge is 0.0545 e. The predicted molar refractivity (Wildman–Crippen MR) is 54.7 cm³/mol. The maximum Gasteiger partial charge on any atom is 0.0545 e. The molecular weight excluding hydrogens is 162 g/mol. The molecular formula is C11H17NO. The van der Waals surface area contributed by atoms with Crippen molar-refractivity contribution < 1.29 is 4.74 Å². The van der Waals surface area contributed by atoms with E-state index in [0.717, 1.165) is 0 Å². The van der Waals surface area contributed by atoms with Crippen LogP contribution in [0.25, 0.3) is 0 Å². The fraction of sp³-hybridized carbons (Fsp3) is 0.455. The normalized spacial score (nSPS) is 15.3. The topological polar surface area (TPSA) is 35.2 Å². The number of ether oxygens (including phenoxy) is 1. The average Bonchev–Trinajstić information content (AvgIpc) is 2.15. The van der Waals surface area contributed by atoms with Crippen LogP contribution in [0.1, 0.15) is 18.4 Å². The average molecular weight is 179 g/mol. The summed E-state index contributed by atoms with van der Waals surface area (Å²) in [6.07, 6.45) is 0. The molecule has 0 heterocycles. The van der Waals surface area contributed by atoms with E-state index in [1.54, 1.807) is 7.11 Å². The molecule has 1 rings (SSSR count). The number of hydrogen-bond acceptors (Lipinski definition) is 2. The second-order valence-electron chi connectivity index (χ2n) is 3.33. The standard InChI is InChI=1S/C11H17NO/c1-9(12)11(8-13-2)10-6-4-3-5-7-10/h3-7,9,11H,8,12H2,1-2H3. The quantitative estimate of drug-likeness (QED) is 0.764. The summed E-state index contributed by atoms with van der Waals surface area (Å²) in [5.41, 5.74) is 7.12. The van der Waals surface area contributed by atoms with Gasteiger partial charge in [-0.05, 0) is 12.5 Å². The van der Waals surface area contributed by atoms with Crippen molar-refractivity contribution in [1.82, 2.24) is 0 Å². The van der Waals surface area contributed by atoms with Crippen LogP contribution in [0, 0.1) is 0 Å². The van der Waals surface area contributed by atoms with E-state index >= 15 is 0 Å². The number of benzene rings is 1. The van der Waals surface area contributed by atoms with Gasteiger partial charge in [0.1, 0.15) is 0 Å². The van der Waals surface area contributed by atoms with E-state index in [1.807, 2.05) is 25.1 Å². The zero-order valence-corrected chi connectivity index (χ0v) is 8.23. The molecule has 2 atom stereocenters. The summed E-state index contributed by atoms with van der Waals surface area (Å²) in [7, 11) is 1.71. The molecule has 0 aliphatic heterocycles. The Morgan fingerprint density at radius 1 is 1.31 bits per heavy atom. The monoisotopic (exact) mass is 179 g/mol. The number of rotatable bonds is 4. The highest BCUT2D eigenvalue weighted by atomic mass is 16.5. The Bertz CT molecular complexity index is 233. The first kappa shape index (κ1) is 10.2. The first-order valence-corrected chi connectivity index (χ1v) is 4.55. The lowest BCUT2D eigenvalue weighted by Crippen LogP contribution is -2.27. The van der Waals surface area contributed by atoms with E-state index < -0.39 is 0 Å². The lowest BCUT2D eigenvalue weighted by Gasteiger charge is -2.20. The maximum atomic E-state index is 5.87. The van der Waals surface area contributed by atoms with E-state index in [0.29, 0.717) is 12.5 Å². The van der Waals surface area contributed by atoms with Crippen LogP contribution in [0.3, 0.4) is 0 Å². The van der Waals surface area contributed by atoms with Crippen LogP contribution < -0.4 is 5.73 Å². The van der Waals surface area contributed by atoms with E-state index in [4.69, 9.17) is 10.5 Å². The van der Waals surface area contributed by atoms with Crippen molar-refractivity contribution in [2.75, 3.05) is 13.7 Å². The Morgan fingerprint density at radius 2 is 1.92 bits per heavy atom. The second kappa shape index (κ2) is 5.00. The third kappa shape index (κ3) is 2.83. The van der Waals surface area contributed by atoms with Gasteiger partial charge in [-0.3, -0.25) is 0 Å². The molecule has 0 aliphatic rings. The van der Waals surface area contributed by atoms with Gasteiger partial charge in [0.05, 0.1) is 6.61 Å². The summed E-state index contributed by atoms with van der Waals surface area (Å²) in [4.78, 5) is 0. The molecule has 0 radical (unpaired) electrons. The van der Waals surface area contributed by atoms with E-state index in [-0.39, 0.29) is 6.04 Å². The molecule has 72 valence electrons. The van der Waals surface area contributed by atoms with Crippen molar-refractivity contribution in [3.63, 3.8) is 0 Å². The van der Waals surface area contributed by atoms with Crippen LogP contribution in [0.4, 0.5) is 0 Å². The minimum absolute atomic E-state index is 0.127. The zero-order chi connectivity index (χ0) is 9.68. The van der Waals surface area contributed by atoms with Gasteiger partial charge in [-0.1, -0.05) is 30.3 Å². The molecule has 0 saturated carbocycles. The molecule has 0 amide bonds. The van der Waals surface area contributed by atoms with Gasteiger partial charge >= 0.3 is 0 Å². The maximum absolute atomic E-state index is 5.87. The highest BCUT2D eigenvalue weighted by Gasteiger charge is 2.14. The van der Waals surface area contributed by atoms with Crippen molar-refractivity contribution in [3.05, 3.63) is 35.9 Å². The Balaban J connectivity index is 2.76. The molecule has 0 saturated heterocycles. The summed E-state index contributed by atoms with van der Waals surface area (Å²) >= 11 is 0. The first-order valence-electron chi connectivity index (χ1n) is 4.55. The fourth-order valence-electron chi connectivity index (χ4n) is 1.43. The summed E-state index contributed by atoms with van der Waals surface area (Å²) in [5.74, 6) is 0.297. The van der Waals surface area contributed by atoms with Crippen molar-refractivity contribution >= 4 is 0 Å². The van der Waals surface area contributed by atoms with Crippen LogP contribution in [-0.2, 0) is 4.74 Å². The lowest BCUT2D eigenvalue weighted by molar-refractivity contribution is 0.171. The minimum atomic E-state index is 0.127. The summed E-state index contributed by atoms with van der Waals surface area (Å²) in [6, 6.07) is 10.4. The van der Waals surface area contributed by atoms with Crippen LogP contribution in [-0.4, -0.2) is 19.8 Å². The van der Waals surface area contributed by atoms with Gasteiger partial charge < -0.3 is 10.5 Å². The Morgan fingerprint density at radius 3 is 2.38 bits per heavy atom. The highest BCUT2D eigenvalue weighted by Crippen LogP contribution is 2.18. The van der Waals surface area contributed by atoms with Crippen molar-refractivity contribution in [1.29, 1.82) is 0 Å². The molecule has 0 spiro atoms. The molecule has 13 heavy (non-hydrogen) atoms. The molecule has 2 nitrogen and oxygen atoms in total. The third-order valence-corrected chi connectivity index (χ3v) is 2.21. The molecule has 0 aliphatic carbocycles. The van der Waals surface area contributed by atoms with Gasteiger partial charge in [-0.15, -0.1) is 0 Å². The largest absolute Gasteiger partial charge is 0.384 e. The van der Waals surface area contributed by atoms with Gasteiger partial charge in [0, 0.05) is 19.1 Å². The molecule has 2 unspecified atom stereocenters. The molecule has 1 aromatic rings. The molecule has 0 fully saturated rings. The SMILES string of the molecule is COCC(c1ccccc1)C(C)N. The van der Waals surface area contributed by atoms with E-state index in [2.05, 4.69) is 12.1 Å². The molecule has 0 bridgehead atoms. The van der Waals surface area contributed by atoms with E-state index in [9.17, 15) is 0 Å². The zero-order valence-electron chi connectivity index (χ0n) is 8.23. The minimum Gasteiger partial charge on any atom is -0.384 e. The summed E-state index contributed by atoms with van der Waals surface area (Å²) in [5, 5.41) is 0. The fourth-order valence-corrected chi connectivity index (χ4v) is 1.43. The molecule has 2 N–H and O–H groups in total. The Hall–Kier alpha value is -0.860. The number of methoxy groups -OCH3 is 1. The van der Waals surface area contributed by atoms with Crippen LogP contribution in [0.15, 0.2) is 30.3 Å². The van der Waals surface area contributed by atoms with Crippen LogP contribution in [0.5, 0.6) is 0 Å². The molecule has 2 heteroatoms. The summed E-state index contributed by atoms with van der Waals surface area (Å²) < 4.78 is 5.14. The van der Waals surface area contributed by atoms with Crippen molar-refractivity contribution in [2.45, 2.75) is 18.9 Å². The van der Waals surface area contributed by atoms with Crippen molar-refractivity contribution in [3.8, 4) is 0 Å². The van der Waals surface area contributed by atoms with Gasteiger partial charge in [-0.25, -0.2) is 0 Å². The van der Waals surface area contributed by atoms with Crippen LogP contribution in [0.2, 0.25) is 0 Å². The molecule has 0 aromatic heterocycles. The summed E-state index contributed by atoms with van der Waals surface area (Å²) in [6.45, 7) is 2.69. The number of nitrogens with two attached hydrogens (primary N) is 1. The van der Waals surface area contributed by atoms with Gasteiger partial charge in [0.15, 0.2) is 0 Å². The number of hydrogen-bond donors (Lipinski definition) is 1. The Labute approximate surface area is 79.7 Å². The first-order chi connectivity index (χ1) is 6.25. The highest BCUT2D eigenvalue weighted by molar-refractivity contribution is 5.20. The lowest BCUT2D eigenvalue weighted by atomic mass is 9.94. The molecule has 1 aromatic carbocycles. The predicted octanol–water partition coefficient (Wildman–Crippen LogP) is 1.76.